The molecule has 8 nitrogen and oxygen atoms in total. The van der Waals surface area contributed by atoms with Crippen LogP contribution < -0.4 is 5.32 Å². The number of nitro benzene ring substituents is 1. The molecule has 0 spiro atoms. The molecule has 4 aromatic rings. The van der Waals surface area contributed by atoms with E-state index in [1.165, 1.54) is 42.5 Å². The number of nitro groups is 1. The summed E-state index contributed by atoms with van der Waals surface area (Å²) in [6.07, 6.45) is 7.33. The summed E-state index contributed by atoms with van der Waals surface area (Å²) in [5.74, 6) is 3.45. The smallest absolute Gasteiger partial charge is 0.269 e. The van der Waals surface area contributed by atoms with Crippen LogP contribution in [-0.4, -0.2) is 25.6 Å². The van der Waals surface area contributed by atoms with Crippen molar-refractivity contribution in [2.75, 3.05) is 0 Å². The zero-order valence-corrected chi connectivity index (χ0v) is 25.7. The number of carbonyl (C=O) groups is 1. The van der Waals surface area contributed by atoms with Crippen molar-refractivity contribution in [2.45, 2.75) is 68.8 Å². The lowest BCUT2D eigenvalue weighted by atomic mass is 9.49. The molecule has 1 aromatic heterocycles. The molecule has 3 aromatic carbocycles. The standard InChI is InChI=1S/C35H37N5O3S/c1-23-6-5-9-25(14-23)22-44-34-38-37-32(39(34)29-10-12-30(13-11-29)40(42)43)31(18-24-7-3-2-4-8-24)36-33(41)35-19-26-15-27(20-35)17-28(16-26)21-35/h2-14,26-28,31H,15-22H2,1H3,(H,36,41). The van der Waals surface area contributed by atoms with E-state index in [2.05, 4.69) is 47.7 Å². The van der Waals surface area contributed by atoms with Crippen molar-refractivity contribution in [2.24, 2.45) is 23.2 Å². The highest BCUT2D eigenvalue weighted by atomic mass is 32.2. The first kappa shape index (κ1) is 28.8. The largest absolute Gasteiger partial charge is 0.345 e. The monoisotopic (exact) mass is 607 g/mol. The fourth-order valence-corrected chi connectivity index (χ4v) is 9.17. The number of rotatable bonds is 10. The van der Waals surface area contributed by atoms with Crippen molar-refractivity contribution in [1.29, 1.82) is 0 Å². The van der Waals surface area contributed by atoms with Gasteiger partial charge in [0.1, 0.15) is 0 Å². The maximum Gasteiger partial charge on any atom is 0.269 e. The zero-order valence-electron chi connectivity index (χ0n) is 24.9. The number of benzene rings is 3. The van der Waals surface area contributed by atoms with Gasteiger partial charge in [-0.3, -0.25) is 19.5 Å². The number of aromatic nitrogens is 3. The Labute approximate surface area is 261 Å². The van der Waals surface area contributed by atoms with Crippen LogP contribution in [0.2, 0.25) is 0 Å². The predicted molar refractivity (Wildman–Crippen MR) is 170 cm³/mol. The molecular weight excluding hydrogens is 570 g/mol. The molecule has 1 unspecified atom stereocenters. The number of amides is 1. The molecule has 44 heavy (non-hydrogen) atoms. The maximum atomic E-state index is 14.3. The first-order chi connectivity index (χ1) is 21.3. The second-order valence-corrected chi connectivity index (χ2v) is 14.1. The molecule has 4 bridgehead atoms. The summed E-state index contributed by atoms with van der Waals surface area (Å²) in [5.41, 5.74) is 3.90. The van der Waals surface area contributed by atoms with Crippen molar-refractivity contribution < 1.29 is 9.72 Å². The highest BCUT2D eigenvalue weighted by Crippen LogP contribution is 2.60. The Morgan fingerprint density at radius 2 is 1.61 bits per heavy atom. The van der Waals surface area contributed by atoms with Gasteiger partial charge in [-0.25, -0.2) is 0 Å². The molecule has 0 aliphatic heterocycles. The second-order valence-electron chi connectivity index (χ2n) is 13.1. The number of thioether (sulfide) groups is 1. The van der Waals surface area contributed by atoms with Gasteiger partial charge in [-0.2, -0.15) is 0 Å². The lowest BCUT2D eigenvalue weighted by Gasteiger charge is -2.55. The Hall–Kier alpha value is -3.98. The zero-order chi connectivity index (χ0) is 30.3. The van der Waals surface area contributed by atoms with Crippen molar-refractivity contribution in [3.63, 3.8) is 0 Å². The molecule has 1 atom stereocenters. The van der Waals surface area contributed by atoms with Crippen LogP contribution in [0.3, 0.4) is 0 Å². The Balaban J connectivity index is 1.26. The van der Waals surface area contributed by atoms with Crippen molar-refractivity contribution in [1.82, 2.24) is 20.1 Å². The fourth-order valence-electron chi connectivity index (χ4n) is 8.27. The number of aryl methyl sites for hydroxylation is 1. The van der Waals surface area contributed by atoms with E-state index < -0.39 is 11.0 Å². The third kappa shape index (κ3) is 5.77. The summed E-state index contributed by atoms with van der Waals surface area (Å²) >= 11 is 1.57. The normalized spacial score (nSPS) is 24.2. The number of hydrogen-bond acceptors (Lipinski definition) is 6. The van der Waals surface area contributed by atoms with Crippen molar-refractivity contribution in [3.05, 3.63) is 111 Å². The first-order valence-electron chi connectivity index (χ1n) is 15.6. The molecule has 1 heterocycles. The minimum atomic E-state index is -0.422. The van der Waals surface area contributed by atoms with E-state index in [1.807, 2.05) is 28.8 Å². The topological polar surface area (TPSA) is 103 Å². The molecule has 1 N–H and O–H groups in total. The Bertz CT molecular complexity index is 1630. The van der Waals surface area contributed by atoms with Gasteiger partial charge >= 0.3 is 0 Å². The Morgan fingerprint density at radius 3 is 2.25 bits per heavy atom. The molecule has 0 radical (unpaired) electrons. The number of nitrogens with zero attached hydrogens (tertiary/aromatic N) is 4. The van der Waals surface area contributed by atoms with E-state index in [-0.39, 0.29) is 17.0 Å². The molecule has 0 saturated heterocycles. The van der Waals surface area contributed by atoms with Gasteiger partial charge in [0.2, 0.25) is 5.91 Å². The first-order valence-corrected chi connectivity index (χ1v) is 16.6. The third-order valence-electron chi connectivity index (χ3n) is 9.85. The lowest BCUT2D eigenvalue weighted by molar-refractivity contribution is -0.384. The summed E-state index contributed by atoms with van der Waals surface area (Å²) in [7, 11) is 0. The van der Waals surface area contributed by atoms with Crippen LogP contribution in [0.15, 0.2) is 84.0 Å². The second kappa shape index (κ2) is 11.8. The Kier molecular flexibility index (Phi) is 7.74. The van der Waals surface area contributed by atoms with Crippen molar-refractivity contribution in [3.8, 4) is 5.69 Å². The van der Waals surface area contributed by atoms with Gasteiger partial charge in [-0.15, -0.1) is 10.2 Å². The van der Waals surface area contributed by atoms with Gasteiger partial charge in [0.05, 0.1) is 11.0 Å². The Morgan fingerprint density at radius 1 is 0.955 bits per heavy atom. The van der Waals surface area contributed by atoms with Crippen LogP contribution >= 0.6 is 11.8 Å². The summed E-state index contributed by atoms with van der Waals surface area (Å²) in [4.78, 5) is 25.4. The van der Waals surface area contributed by atoms with Gasteiger partial charge in [0, 0.05) is 29.0 Å². The molecule has 1 amide bonds. The third-order valence-corrected chi connectivity index (χ3v) is 10.8. The average Bonchev–Trinajstić information content (AvgIpc) is 3.43. The van der Waals surface area contributed by atoms with Crippen LogP contribution in [0.25, 0.3) is 5.69 Å². The van der Waals surface area contributed by atoms with E-state index in [0.29, 0.717) is 40.9 Å². The molecule has 9 heteroatoms. The number of non-ortho nitro benzene ring substituents is 1. The molecule has 4 fully saturated rings. The number of carbonyl (C=O) groups excluding carboxylic acids is 1. The molecule has 4 aliphatic rings. The van der Waals surface area contributed by atoms with E-state index >= 15 is 0 Å². The van der Waals surface area contributed by atoms with Gasteiger partial charge in [0.25, 0.3) is 5.69 Å². The fraction of sp³-hybridized carbons (Fsp3) is 0.400. The summed E-state index contributed by atoms with van der Waals surface area (Å²) in [5, 5.41) is 25.0. The molecule has 4 saturated carbocycles. The predicted octanol–water partition coefficient (Wildman–Crippen LogP) is 7.39. The lowest BCUT2D eigenvalue weighted by Crippen LogP contribution is -2.54. The van der Waals surface area contributed by atoms with Gasteiger partial charge < -0.3 is 5.32 Å². The van der Waals surface area contributed by atoms with Crippen LogP contribution in [0.5, 0.6) is 0 Å². The molecular formula is C35H37N5O3S. The molecule has 8 rings (SSSR count). The molecule has 226 valence electrons. The van der Waals surface area contributed by atoms with E-state index in [1.54, 1.807) is 23.9 Å². The van der Waals surface area contributed by atoms with Gasteiger partial charge in [0.15, 0.2) is 11.0 Å². The van der Waals surface area contributed by atoms with Crippen LogP contribution in [0.1, 0.15) is 67.1 Å². The van der Waals surface area contributed by atoms with E-state index in [4.69, 9.17) is 5.10 Å². The van der Waals surface area contributed by atoms with Crippen LogP contribution in [0.4, 0.5) is 5.69 Å². The summed E-state index contributed by atoms with van der Waals surface area (Å²) in [6, 6.07) is 24.6. The van der Waals surface area contributed by atoms with Gasteiger partial charge in [-0.1, -0.05) is 71.9 Å². The minimum Gasteiger partial charge on any atom is -0.345 e. The van der Waals surface area contributed by atoms with E-state index in [0.717, 1.165) is 30.5 Å². The van der Waals surface area contributed by atoms with Crippen LogP contribution in [-0.2, 0) is 17.0 Å². The van der Waals surface area contributed by atoms with E-state index in [9.17, 15) is 14.9 Å². The van der Waals surface area contributed by atoms with Crippen molar-refractivity contribution >= 4 is 23.4 Å². The quantitative estimate of drug-likeness (QED) is 0.115. The highest BCUT2D eigenvalue weighted by Gasteiger charge is 2.55. The average molecular weight is 608 g/mol. The highest BCUT2D eigenvalue weighted by molar-refractivity contribution is 7.98. The SMILES string of the molecule is Cc1cccc(CSc2nnc(C(Cc3ccccc3)NC(=O)C34CC5CC(CC(C5)C3)C4)n2-c2ccc([N+](=O)[O-])cc2)c1. The summed E-state index contributed by atoms with van der Waals surface area (Å²) < 4.78 is 1.97. The van der Waals surface area contributed by atoms with Gasteiger partial charge in [-0.05, 0) is 92.9 Å². The van der Waals surface area contributed by atoms with Crippen LogP contribution in [0, 0.1) is 40.2 Å². The minimum absolute atomic E-state index is 0.0216. The summed E-state index contributed by atoms with van der Waals surface area (Å²) in [6.45, 7) is 2.08. The maximum absolute atomic E-state index is 14.3. The number of nitrogens with one attached hydrogen (secondary N) is 1. The molecule has 4 aliphatic carbocycles. The number of hydrogen-bond donors (Lipinski definition) is 1.